The number of nitrogens with zero attached hydrogens (tertiary/aromatic N) is 3. The molecule has 2 aromatic heterocycles. The molecule has 0 radical (unpaired) electrons. The first kappa shape index (κ1) is 20.3. The van der Waals surface area contributed by atoms with Crippen molar-refractivity contribution in [3.8, 4) is 10.8 Å². The number of thioether (sulfide) groups is 1. The van der Waals surface area contributed by atoms with Gasteiger partial charge in [-0.15, -0.1) is 21.5 Å². The Bertz CT molecular complexity index is 1160. The highest BCUT2D eigenvalue weighted by atomic mass is 32.2. The van der Waals surface area contributed by atoms with Gasteiger partial charge in [-0.2, -0.15) is 0 Å². The predicted molar refractivity (Wildman–Crippen MR) is 122 cm³/mol. The molecule has 1 aliphatic carbocycles. The van der Waals surface area contributed by atoms with Gasteiger partial charge in [-0.3, -0.25) is 14.5 Å². The minimum absolute atomic E-state index is 0.00496. The van der Waals surface area contributed by atoms with E-state index in [-0.39, 0.29) is 18.4 Å². The highest BCUT2D eigenvalue weighted by molar-refractivity contribution is 8.00. The highest BCUT2D eigenvalue weighted by Crippen LogP contribution is 2.38. The fraction of sp³-hybridized carbons (Fsp3) is 0.364. The van der Waals surface area contributed by atoms with E-state index in [1.165, 1.54) is 33.5 Å². The molecule has 0 saturated carbocycles. The molecule has 0 saturated heterocycles. The topological polar surface area (TPSA) is 88.3 Å². The molecule has 1 N–H and O–H groups in total. The first-order valence-corrected chi connectivity index (χ1v) is 12.0. The number of hydrogen-bond acceptors (Lipinski definition) is 7. The van der Waals surface area contributed by atoms with Crippen LogP contribution in [-0.4, -0.2) is 33.8 Å². The normalized spacial score (nSPS) is 18.8. The SMILES string of the molecule is C[C@H]1CCc2sc(-c3nnc(S[C@H](C)C(=O)N4CC(=O)Nc5ccccc54)o3)cc2C1. The van der Waals surface area contributed by atoms with Crippen molar-refractivity contribution >= 4 is 46.3 Å². The Labute approximate surface area is 188 Å². The van der Waals surface area contributed by atoms with Crippen molar-refractivity contribution in [3.63, 3.8) is 0 Å². The minimum atomic E-state index is -0.482. The quantitative estimate of drug-likeness (QED) is 0.588. The third-order valence-corrected chi connectivity index (χ3v) is 7.76. The van der Waals surface area contributed by atoms with E-state index in [1.807, 2.05) is 18.2 Å². The molecule has 9 heteroatoms. The van der Waals surface area contributed by atoms with Gasteiger partial charge in [-0.05, 0) is 55.9 Å². The Hall–Kier alpha value is -2.65. The third kappa shape index (κ3) is 3.99. The van der Waals surface area contributed by atoms with Crippen LogP contribution < -0.4 is 10.2 Å². The zero-order chi connectivity index (χ0) is 21.5. The van der Waals surface area contributed by atoms with Crippen molar-refractivity contribution in [1.29, 1.82) is 0 Å². The number of fused-ring (bicyclic) bond motifs is 2. The molecular weight excluding hydrogens is 432 g/mol. The Balaban J connectivity index is 1.31. The molecule has 31 heavy (non-hydrogen) atoms. The average molecular weight is 455 g/mol. The lowest BCUT2D eigenvalue weighted by atomic mass is 9.90. The summed E-state index contributed by atoms with van der Waals surface area (Å²) in [4.78, 5) is 29.0. The summed E-state index contributed by atoms with van der Waals surface area (Å²) in [5, 5.41) is 11.0. The van der Waals surface area contributed by atoms with Gasteiger partial charge in [0.25, 0.3) is 11.1 Å². The standard InChI is InChI=1S/C22H22N4O3S2/c1-12-7-8-17-14(9-12)10-18(31-17)20-24-25-22(29-20)30-13(2)21(28)26-11-19(27)23-15-5-3-4-6-16(15)26/h3-6,10,12-13H,7-9,11H2,1-2H3,(H,23,27)/t12-,13+/m0/s1. The Kier molecular flexibility index (Phi) is 5.31. The van der Waals surface area contributed by atoms with Crippen molar-refractivity contribution in [2.24, 2.45) is 5.92 Å². The number of anilines is 2. The zero-order valence-corrected chi connectivity index (χ0v) is 18.9. The molecule has 3 heterocycles. The van der Waals surface area contributed by atoms with Crippen LogP contribution in [0.2, 0.25) is 0 Å². The van der Waals surface area contributed by atoms with Crippen molar-refractivity contribution < 1.29 is 14.0 Å². The van der Waals surface area contributed by atoms with Gasteiger partial charge in [0, 0.05) is 4.88 Å². The number of aryl methyl sites for hydroxylation is 1. The number of nitrogens with one attached hydrogen (secondary N) is 1. The monoisotopic (exact) mass is 454 g/mol. The zero-order valence-electron chi connectivity index (χ0n) is 17.3. The predicted octanol–water partition coefficient (Wildman–Crippen LogP) is 4.39. The van der Waals surface area contributed by atoms with E-state index in [4.69, 9.17) is 4.42 Å². The van der Waals surface area contributed by atoms with E-state index < -0.39 is 5.25 Å². The molecule has 1 aromatic carbocycles. The summed E-state index contributed by atoms with van der Waals surface area (Å²) in [5.74, 6) is 0.822. The van der Waals surface area contributed by atoms with Crippen LogP contribution in [0.25, 0.3) is 10.8 Å². The van der Waals surface area contributed by atoms with Crippen LogP contribution in [0, 0.1) is 5.92 Å². The van der Waals surface area contributed by atoms with Gasteiger partial charge in [0.05, 0.1) is 21.5 Å². The molecule has 2 atom stereocenters. The summed E-state index contributed by atoms with van der Waals surface area (Å²) >= 11 is 2.93. The van der Waals surface area contributed by atoms with Gasteiger partial charge in [-0.1, -0.05) is 30.8 Å². The summed E-state index contributed by atoms with van der Waals surface area (Å²) in [6.07, 6.45) is 3.42. The summed E-state index contributed by atoms with van der Waals surface area (Å²) in [7, 11) is 0. The fourth-order valence-corrected chi connectivity index (χ4v) is 5.89. The number of thiophene rings is 1. The van der Waals surface area contributed by atoms with Crippen molar-refractivity contribution in [1.82, 2.24) is 10.2 Å². The van der Waals surface area contributed by atoms with Crippen molar-refractivity contribution in [3.05, 3.63) is 40.8 Å². The van der Waals surface area contributed by atoms with E-state index in [0.29, 0.717) is 28.4 Å². The molecule has 7 nitrogen and oxygen atoms in total. The molecule has 0 unspecified atom stereocenters. The van der Waals surface area contributed by atoms with E-state index in [2.05, 4.69) is 28.5 Å². The molecule has 2 amide bonds. The van der Waals surface area contributed by atoms with Crippen LogP contribution >= 0.6 is 23.1 Å². The smallest absolute Gasteiger partial charge is 0.277 e. The molecule has 0 spiro atoms. The summed E-state index contributed by atoms with van der Waals surface area (Å²) in [6.45, 7) is 4.07. The molecule has 160 valence electrons. The summed E-state index contributed by atoms with van der Waals surface area (Å²) in [6, 6.07) is 9.45. The molecular formula is C22H22N4O3S2. The first-order valence-electron chi connectivity index (χ1n) is 10.3. The number of para-hydroxylation sites is 2. The molecule has 1 aliphatic heterocycles. The molecule has 3 aromatic rings. The maximum absolute atomic E-state index is 13.1. The Morgan fingerprint density at radius 3 is 3.06 bits per heavy atom. The highest BCUT2D eigenvalue weighted by Gasteiger charge is 2.31. The van der Waals surface area contributed by atoms with Crippen LogP contribution in [0.4, 0.5) is 11.4 Å². The second-order valence-corrected chi connectivity index (χ2v) is 10.5. The first-order chi connectivity index (χ1) is 15.0. The van der Waals surface area contributed by atoms with Gasteiger partial charge in [0.15, 0.2) is 0 Å². The third-order valence-electron chi connectivity index (χ3n) is 5.61. The van der Waals surface area contributed by atoms with Crippen LogP contribution in [-0.2, 0) is 22.4 Å². The van der Waals surface area contributed by atoms with Crippen LogP contribution in [0.15, 0.2) is 40.0 Å². The van der Waals surface area contributed by atoms with Crippen molar-refractivity contribution in [2.75, 3.05) is 16.8 Å². The fourth-order valence-electron chi connectivity index (χ4n) is 4.02. The van der Waals surface area contributed by atoms with E-state index in [9.17, 15) is 9.59 Å². The van der Waals surface area contributed by atoms with E-state index in [1.54, 1.807) is 24.3 Å². The lowest BCUT2D eigenvalue weighted by Gasteiger charge is -2.30. The summed E-state index contributed by atoms with van der Waals surface area (Å²) < 4.78 is 5.87. The Morgan fingerprint density at radius 1 is 1.35 bits per heavy atom. The average Bonchev–Trinajstić information content (AvgIpc) is 3.39. The second kappa shape index (κ2) is 8.12. The molecule has 0 fully saturated rings. The van der Waals surface area contributed by atoms with E-state index in [0.717, 1.165) is 17.7 Å². The largest absolute Gasteiger partial charge is 0.410 e. The minimum Gasteiger partial charge on any atom is -0.410 e. The lowest BCUT2D eigenvalue weighted by Crippen LogP contribution is -2.45. The molecule has 0 bridgehead atoms. The molecule has 2 aliphatic rings. The van der Waals surface area contributed by atoms with Gasteiger partial charge >= 0.3 is 0 Å². The van der Waals surface area contributed by atoms with Crippen LogP contribution in [0.3, 0.4) is 0 Å². The van der Waals surface area contributed by atoms with Gasteiger partial charge in [-0.25, -0.2) is 0 Å². The number of hydrogen-bond donors (Lipinski definition) is 1. The van der Waals surface area contributed by atoms with Crippen LogP contribution in [0.1, 0.15) is 30.7 Å². The summed E-state index contributed by atoms with van der Waals surface area (Å²) in [5.41, 5.74) is 2.72. The van der Waals surface area contributed by atoms with Gasteiger partial charge in [0.1, 0.15) is 6.54 Å². The van der Waals surface area contributed by atoms with E-state index >= 15 is 0 Å². The molecule has 5 rings (SSSR count). The maximum Gasteiger partial charge on any atom is 0.277 e. The Morgan fingerprint density at radius 2 is 2.19 bits per heavy atom. The van der Waals surface area contributed by atoms with Crippen LogP contribution in [0.5, 0.6) is 0 Å². The number of amides is 2. The lowest BCUT2D eigenvalue weighted by molar-refractivity contribution is -0.121. The number of carbonyl (C=O) groups excluding carboxylic acids is 2. The maximum atomic E-state index is 13.1. The van der Waals surface area contributed by atoms with Crippen molar-refractivity contribution in [2.45, 2.75) is 43.6 Å². The second-order valence-electron chi connectivity index (χ2n) is 8.03. The number of carbonyl (C=O) groups is 2. The number of benzene rings is 1. The van der Waals surface area contributed by atoms with Gasteiger partial charge in [0.2, 0.25) is 11.8 Å². The van der Waals surface area contributed by atoms with Gasteiger partial charge < -0.3 is 9.73 Å². The number of aromatic nitrogens is 2. The number of rotatable bonds is 4.